The highest BCUT2D eigenvalue weighted by Gasteiger charge is 2.28. The Balaban J connectivity index is 1.67. The number of nitrogens with zero attached hydrogens (tertiary/aromatic N) is 1. The van der Waals surface area contributed by atoms with Gasteiger partial charge in [0, 0.05) is 20.0 Å². The van der Waals surface area contributed by atoms with Crippen molar-refractivity contribution in [3.63, 3.8) is 0 Å². The fourth-order valence-electron chi connectivity index (χ4n) is 3.11. The summed E-state index contributed by atoms with van der Waals surface area (Å²) in [5, 5.41) is 0. The van der Waals surface area contributed by atoms with Crippen molar-refractivity contribution in [3.05, 3.63) is 35.9 Å². The predicted octanol–water partition coefficient (Wildman–Crippen LogP) is 1.64. The van der Waals surface area contributed by atoms with Crippen LogP contribution in [0.2, 0.25) is 0 Å². The molecule has 1 saturated heterocycles. The fourth-order valence-corrected chi connectivity index (χ4v) is 3.11. The van der Waals surface area contributed by atoms with Gasteiger partial charge >= 0.3 is 11.9 Å². The molecule has 1 amide bonds. The van der Waals surface area contributed by atoms with Gasteiger partial charge < -0.3 is 20.1 Å². The number of piperidine rings is 1. The summed E-state index contributed by atoms with van der Waals surface area (Å²) in [6.45, 7) is 3.20. The summed E-state index contributed by atoms with van der Waals surface area (Å²) in [5.41, 5.74) is 6.81. The highest BCUT2D eigenvalue weighted by atomic mass is 16.5. The molecular weight excluding hydrogens is 348 g/mol. The Morgan fingerprint density at radius 2 is 1.81 bits per heavy atom. The molecule has 148 valence electrons. The first-order chi connectivity index (χ1) is 13.0. The van der Waals surface area contributed by atoms with Crippen LogP contribution >= 0.6 is 0 Å². The maximum atomic E-state index is 12.4. The van der Waals surface area contributed by atoms with Crippen molar-refractivity contribution in [3.8, 4) is 0 Å². The highest BCUT2D eigenvalue weighted by molar-refractivity contribution is 5.86. The van der Waals surface area contributed by atoms with Gasteiger partial charge in [0.15, 0.2) is 0 Å². The van der Waals surface area contributed by atoms with E-state index in [4.69, 9.17) is 15.2 Å². The third-order valence-electron chi connectivity index (χ3n) is 4.70. The van der Waals surface area contributed by atoms with Gasteiger partial charge in [-0.05, 0) is 30.7 Å². The molecule has 1 aliphatic rings. The molecule has 0 aliphatic carbocycles. The molecule has 1 aromatic carbocycles. The van der Waals surface area contributed by atoms with E-state index in [1.807, 2.05) is 30.3 Å². The molecule has 0 aromatic heterocycles. The second-order valence-electron chi connectivity index (χ2n) is 6.85. The Hall–Kier alpha value is -2.41. The van der Waals surface area contributed by atoms with E-state index in [0.717, 1.165) is 24.8 Å². The number of hydrogen-bond acceptors (Lipinski definition) is 6. The van der Waals surface area contributed by atoms with Gasteiger partial charge in [0.1, 0.15) is 6.61 Å². The zero-order valence-electron chi connectivity index (χ0n) is 15.8. The van der Waals surface area contributed by atoms with Crippen LogP contribution in [0.5, 0.6) is 0 Å². The third-order valence-corrected chi connectivity index (χ3v) is 4.70. The highest BCUT2D eigenvalue weighted by Crippen LogP contribution is 2.21. The number of esters is 2. The van der Waals surface area contributed by atoms with E-state index < -0.39 is 12.0 Å². The van der Waals surface area contributed by atoms with Crippen LogP contribution in [0.25, 0.3) is 0 Å². The predicted molar refractivity (Wildman–Crippen MR) is 99.4 cm³/mol. The number of likely N-dealkylation sites (tertiary alicyclic amines) is 1. The van der Waals surface area contributed by atoms with E-state index in [9.17, 15) is 14.4 Å². The smallest absolute Gasteiger partial charge is 0.308 e. The Bertz CT molecular complexity index is 627. The van der Waals surface area contributed by atoms with Crippen LogP contribution in [-0.2, 0) is 30.5 Å². The van der Waals surface area contributed by atoms with Crippen molar-refractivity contribution in [1.82, 2.24) is 4.90 Å². The van der Waals surface area contributed by atoms with Crippen molar-refractivity contribution >= 4 is 17.8 Å². The molecule has 0 radical (unpaired) electrons. The summed E-state index contributed by atoms with van der Waals surface area (Å²) < 4.78 is 10.2. The average molecular weight is 376 g/mol. The minimum absolute atomic E-state index is 0.127. The molecule has 1 aromatic rings. The Morgan fingerprint density at radius 1 is 1.15 bits per heavy atom. The zero-order chi connectivity index (χ0) is 19.6. The number of amides is 1. The molecule has 0 saturated carbocycles. The number of carbonyl (C=O) groups excluding carboxylic acids is 3. The average Bonchev–Trinajstić information content (AvgIpc) is 2.67. The summed E-state index contributed by atoms with van der Waals surface area (Å²) in [7, 11) is 0. The van der Waals surface area contributed by atoms with Gasteiger partial charge in [-0.15, -0.1) is 0 Å². The number of hydrogen-bond donors (Lipinski definition) is 1. The largest absolute Gasteiger partial charge is 0.466 e. The van der Waals surface area contributed by atoms with Gasteiger partial charge in [0.2, 0.25) is 5.91 Å². The topological polar surface area (TPSA) is 98.9 Å². The second kappa shape index (κ2) is 10.7. The zero-order valence-corrected chi connectivity index (χ0v) is 15.8. The van der Waals surface area contributed by atoms with Crippen LogP contribution in [0.15, 0.2) is 30.3 Å². The van der Waals surface area contributed by atoms with Crippen molar-refractivity contribution in [2.45, 2.75) is 45.3 Å². The van der Waals surface area contributed by atoms with Gasteiger partial charge in [-0.1, -0.05) is 30.3 Å². The molecule has 27 heavy (non-hydrogen) atoms. The fraction of sp³-hybridized carbons (Fsp3) is 0.550. The maximum absolute atomic E-state index is 12.4. The van der Waals surface area contributed by atoms with E-state index in [1.165, 1.54) is 6.92 Å². The van der Waals surface area contributed by atoms with Crippen LogP contribution in [-0.4, -0.2) is 48.5 Å². The number of nitrogens with two attached hydrogens (primary N) is 1. The molecule has 1 aliphatic heterocycles. The van der Waals surface area contributed by atoms with Gasteiger partial charge in [-0.3, -0.25) is 14.4 Å². The molecule has 0 spiro atoms. The van der Waals surface area contributed by atoms with E-state index in [1.54, 1.807) is 4.90 Å². The van der Waals surface area contributed by atoms with Crippen molar-refractivity contribution in [2.24, 2.45) is 11.7 Å². The van der Waals surface area contributed by atoms with Crippen LogP contribution in [0.3, 0.4) is 0 Å². The Kier molecular flexibility index (Phi) is 8.26. The first kappa shape index (κ1) is 20.9. The number of rotatable bonds is 8. The summed E-state index contributed by atoms with van der Waals surface area (Å²) in [6, 6.07) is 8.47. The van der Waals surface area contributed by atoms with E-state index in [2.05, 4.69) is 0 Å². The lowest BCUT2D eigenvalue weighted by molar-refractivity contribution is -0.148. The van der Waals surface area contributed by atoms with Crippen molar-refractivity contribution in [1.29, 1.82) is 0 Å². The molecule has 7 nitrogen and oxygen atoms in total. The standard InChI is InChI=1S/C20H28N2O5/c1-15(23)26-12-9-16-7-10-22(11-8-16)20(25)18(21)13-19(24)27-14-17-5-3-2-4-6-17/h2-6,16,18H,7-14,21H2,1H3. The van der Waals surface area contributed by atoms with Gasteiger partial charge in [-0.25, -0.2) is 0 Å². The molecule has 7 heteroatoms. The van der Waals surface area contributed by atoms with E-state index in [-0.39, 0.29) is 24.9 Å². The lowest BCUT2D eigenvalue weighted by Gasteiger charge is -2.33. The molecular formula is C20H28N2O5. The lowest BCUT2D eigenvalue weighted by Crippen LogP contribution is -2.48. The molecule has 1 fully saturated rings. The first-order valence-electron chi connectivity index (χ1n) is 9.33. The van der Waals surface area contributed by atoms with E-state index in [0.29, 0.717) is 25.6 Å². The second-order valence-corrected chi connectivity index (χ2v) is 6.85. The minimum Gasteiger partial charge on any atom is -0.466 e. The number of benzene rings is 1. The summed E-state index contributed by atoms with van der Waals surface area (Å²) in [6.07, 6.45) is 2.37. The molecule has 1 atom stereocenters. The summed E-state index contributed by atoms with van der Waals surface area (Å²) in [5.74, 6) is -0.533. The third kappa shape index (κ3) is 7.38. The van der Waals surface area contributed by atoms with Gasteiger partial charge in [0.25, 0.3) is 0 Å². The van der Waals surface area contributed by atoms with Crippen LogP contribution < -0.4 is 5.73 Å². The minimum atomic E-state index is -0.883. The van der Waals surface area contributed by atoms with Crippen LogP contribution in [0.1, 0.15) is 38.2 Å². The first-order valence-corrected chi connectivity index (χ1v) is 9.33. The van der Waals surface area contributed by atoms with Gasteiger partial charge in [-0.2, -0.15) is 0 Å². The van der Waals surface area contributed by atoms with Crippen LogP contribution in [0, 0.1) is 5.92 Å². The molecule has 1 heterocycles. The van der Waals surface area contributed by atoms with Crippen LogP contribution in [0.4, 0.5) is 0 Å². The molecule has 2 N–H and O–H groups in total. The molecule has 0 bridgehead atoms. The van der Waals surface area contributed by atoms with Gasteiger partial charge in [0.05, 0.1) is 19.1 Å². The lowest BCUT2D eigenvalue weighted by atomic mass is 9.93. The van der Waals surface area contributed by atoms with Crippen molar-refractivity contribution < 1.29 is 23.9 Å². The Morgan fingerprint density at radius 3 is 2.44 bits per heavy atom. The van der Waals surface area contributed by atoms with E-state index >= 15 is 0 Å². The maximum Gasteiger partial charge on any atom is 0.308 e. The quantitative estimate of drug-likeness (QED) is 0.693. The summed E-state index contributed by atoms with van der Waals surface area (Å²) in [4.78, 5) is 36.9. The number of ether oxygens (including phenoxy) is 2. The monoisotopic (exact) mass is 376 g/mol. The number of carbonyl (C=O) groups is 3. The van der Waals surface area contributed by atoms with Crippen molar-refractivity contribution in [2.75, 3.05) is 19.7 Å². The Labute approximate surface area is 159 Å². The molecule has 1 unspecified atom stereocenters. The normalized spacial score (nSPS) is 15.9. The molecule has 2 rings (SSSR count). The summed E-state index contributed by atoms with van der Waals surface area (Å²) >= 11 is 0. The SMILES string of the molecule is CC(=O)OCCC1CCN(C(=O)C(N)CC(=O)OCc2ccccc2)CC1.